The summed E-state index contributed by atoms with van der Waals surface area (Å²) in [6.07, 6.45) is 2.60. The highest BCUT2D eigenvalue weighted by molar-refractivity contribution is 7.88. The normalized spacial score (nSPS) is 30.9. The maximum absolute atomic E-state index is 12.6. The second-order valence-electron chi connectivity index (χ2n) is 6.62. The van der Waals surface area contributed by atoms with Crippen LogP contribution in [0.1, 0.15) is 22.3 Å². The molecule has 1 aromatic rings. The van der Waals surface area contributed by atoms with Crippen molar-refractivity contribution in [2.24, 2.45) is 5.92 Å². The highest BCUT2D eigenvalue weighted by atomic mass is 32.2. The second kappa shape index (κ2) is 5.72. The number of carbonyl (C=O) groups excluding carboxylic acids is 1. The lowest BCUT2D eigenvalue weighted by molar-refractivity contribution is -0.0194. The molecule has 4 rings (SSSR count). The van der Waals surface area contributed by atoms with E-state index in [-0.39, 0.29) is 24.0 Å². The quantitative estimate of drug-likeness (QED) is 0.799. The Morgan fingerprint density at radius 2 is 2.08 bits per heavy atom. The fourth-order valence-electron chi connectivity index (χ4n) is 3.85. The summed E-state index contributed by atoms with van der Waals surface area (Å²) >= 11 is 0. The number of amides is 1. The Labute approximate surface area is 140 Å². The van der Waals surface area contributed by atoms with Gasteiger partial charge in [-0.15, -0.1) is 0 Å². The topological polar surface area (TPSA) is 93.7 Å². The Bertz CT molecular complexity index is 779. The monoisotopic (exact) mass is 352 g/mol. The number of carbonyl (C=O) groups is 1. The molecule has 2 fully saturated rings. The first-order chi connectivity index (χ1) is 11.4. The van der Waals surface area contributed by atoms with Gasteiger partial charge in [-0.05, 0) is 30.2 Å². The summed E-state index contributed by atoms with van der Waals surface area (Å²) in [6.45, 7) is 1.24. The Morgan fingerprint density at radius 3 is 2.88 bits per heavy atom. The molecule has 0 bridgehead atoms. The van der Waals surface area contributed by atoms with Crippen molar-refractivity contribution < 1.29 is 22.7 Å². The van der Waals surface area contributed by atoms with E-state index in [0.717, 1.165) is 30.4 Å². The molecule has 1 aromatic carbocycles. The predicted molar refractivity (Wildman–Crippen MR) is 86.5 cm³/mol. The second-order valence-corrected chi connectivity index (χ2v) is 8.40. The minimum absolute atomic E-state index is 0.154. The zero-order valence-corrected chi connectivity index (χ0v) is 14.1. The largest absolute Gasteiger partial charge is 0.493 e. The van der Waals surface area contributed by atoms with Gasteiger partial charge in [0, 0.05) is 24.5 Å². The molecule has 130 valence electrons. The first-order valence-corrected chi connectivity index (χ1v) is 9.97. The molecular weight excluding hydrogens is 332 g/mol. The molecule has 0 aromatic heterocycles. The van der Waals surface area contributed by atoms with Gasteiger partial charge < -0.3 is 14.8 Å². The highest BCUT2D eigenvalue weighted by Crippen LogP contribution is 2.39. The van der Waals surface area contributed by atoms with Crippen LogP contribution in [0.25, 0.3) is 0 Å². The number of sulfonamides is 1. The third kappa shape index (κ3) is 2.78. The van der Waals surface area contributed by atoms with E-state index in [1.54, 1.807) is 6.07 Å². The van der Waals surface area contributed by atoms with Crippen molar-refractivity contribution in [3.63, 3.8) is 0 Å². The Kier molecular flexibility index (Phi) is 3.78. The van der Waals surface area contributed by atoms with Crippen LogP contribution in [-0.4, -0.2) is 52.0 Å². The molecule has 4 atom stereocenters. The molecule has 0 radical (unpaired) electrons. The van der Waals surface area contributed by atoms with Crippen LogP contribution in [0.3, 0.4) is 0 Å². The van der Waals surface area contributed by atoms with Crippen LogP contribution in [0, 0.1) is 5.92 Å². The van der Waals surface area contributed by atoms with Crippen LogP contribution in [0.4, 0.5) is 0 Å². The molecule has 24 heavy (non-hydrogen) atoms. The zero-order chi connectivity index (χ0) is 16.9. The van der Waals surface area contributed by atoms with Crippen molar-refractivity contribution in [2.45, 2.75) is 31.0 Å². The van der Waals surface area contributed by atoms with Gasteiger partial charge in [0.1, 0.15) is 5.75 Å². The average molecular weight is 352 g/mol. The summed E-state index contributed by atoms with van der Waals surface area (Å²) in [4.78, 5) is 12.6. The number of hydrogen-bond donors (Lipinski definition) is 2. The summed E-state index contributed by atoms with van der Waals surface area (Å²) in [5, 5.41) is 2.98. The molecule has 3 aliphatic rings. The number of rotatable bonds is 4. The van der Waals surface area contributed by atoms with Crippen LogP contribution in [-0.2, 0) is 21.2 Å². The van der Waals surface area contributed by atoms with Crippen molar-refractivity contribution >= 4 is 15.9 Å². The van der Waals surface area contributed by atoms with Crippen molar-refractivity contribution in [1.82, 2.24) is 10.0 Å². The van der Waals surface area contributed by atoms with Crippen LogP contribution in [0.15, 0.2) is 18.2 Å². The van der Waals surface area contributed by atoms with Gasteiger partial charge in [0.05, 0.1) is 31.1 Å². The number of fused-ring (bicyclic) bond motifs is 2. The molecule has 1 saturated heterocycles. The Morgan fingerprint density at radius 1 is 1.25 bits per heavy atom. The SMILES string of the molecule is CS(=O)(=O)N[C@@H]1[C@@H](NC(=O)c2ccc3c(c2)CCO3)[C@H]2CCO[C@H]21. The van der Waals surface area contributed by atoms with E-state index in [1.165, 1.54) is 0 Å². The van der Waals surface area contributed by atoms with E-state index >= 15 is 0 Å². The van der Waals surface area contributed by atoms with Gasteiger partial charge in [-0.3, -0.25) is 4.79 Å². The summed E-state index contributed by atoms with van der Waals surface area (Å²) in [7, 11) is -3.36. The smallest absolute Gasteiger partial charge is 0.251 e. The predicted octanol–water partition coefficient (Wildman–Crippen LogP) is 0.0564. The summed E-state index contributed by atoms with van der Waals surface area (Å²) < 4.78 is 36.8. The number of hydrogen-bond acceptors (Lipinski definition) is 5. The number of nitrogens with one attached hydrogen (secondary N) is 2. The van der Waals surface area contributed by atoms with Crippen molar-refractivity contribution in [3.8, 4) is 5.75 Å². The van der Waals surface area contributed by atoms with E-state index in [2.05, 4.69) is 10.0 Å². The molecular formula is C16H20N2O5S. The first kappa shape index (κ1) is 15.9. The maximum atomic E-state index is 12.6. The maximum Gasteiger partial charge on any atom is 0.251 e. The van der Waals surface area contributed by atoms with Crippen molar-refractivity contribution in [1.29, 1.82) is 0 Å². The molecule has 0 unspecified atom stereocenters. The standard InChI is InChI=1S/C16H20N2O5S/c1-24(20,21)18-14-13(11-5-7-23-15(11)14)17-16(19)10-2-3-12-9(8-10)4-6-22-12/h2-3,8,11,13-15,18H,4-7H2,1H3,(H,17,19)/t11-,13+,14-,15-/m1/s1. The summed E-state index contributed by atoms with van der Waals surface area (Å²) in [5.41, 5.74) is 1.60. The van der Waals surface area contributed by atoms with E-state index in [0.29, 0.717) is 18.8 Å². The Hall–Kier alpha value is -1.64. The molecule has 1 saturated carbocycles. The fourth-order valence-corrected chi connectivity index (χ4v) is 4.63. The number of ether oxygens (including phenoxy) is 2. The highest BCUT2D eigenvalue weighted by Gasteiger charge is 2.55. The molecule has 1 aliphatic carbocycles. The van der Waals surface area contributed by atoms with Crippen LogP contribution in [0.5, 0.6) is 5.75 Å². The average Bonchev–Trinajstić information content (AvgIpc) is 3.15. The third-order valence-corrected chi connectivity index (χ3v) is 5.69. The molecule has 2 aliphatic heterocycles. The molecule has 0 spiro atoms. The zero-order valence-electron chi connectivity index (χ0n) is 13.3. The van der Waals surface area contributed by atoms with E-state index < -0.39 is 16.1 Å². The molecule has 2 heterocycles. The molecule has 1 amide bonds. The van der Waals surface area contributed by atoms with E-state index in [4.69, 9.17) is 9.47 Å². The van der Waals surface area contributed by atoms with Gasteiger partial charge in [-0.25, -0.2) is 13.1 Å². The third-order valence-electron chi connectivity index (χ3n) is 4.99. The summed E-state index contributed by atoms with van der Waals surface area (Å²) in [5.74, 6) is 0.794. The van der Waals surface area contributed by atoms with E-state index in [1.807, 2.05) is 12.1 Å². The molecule has 2 N–H and O–H groups in total. The van der Waals surface area contributed by atoms with Gasteiger partial charge in [-0.2, -0.15) is 0 Å². The molecule has 8 heteroatoms. The van der Waals surface area contributed by atoms with Crippen molar-refractivity contribution in [2.75, 3.05) is 19.5 Å². The first-order valence-electron chi connectivity index (χ1n) is 8.08. The minimum Gasteiger partial charge on any atom is -0.493 e. The van der Waals surface area contributed by atoms with Gasteiger partial charge in [0.25, 0.3) is 5.91 Å². The van der Waals surface area contributed by atoms with Crippen molar-refractivity contribution in [3.05, 3.63) is 29.3 Å². The van der Waals surface area contributed by atoms with Gasteiger partial charge >= 0.3 is 0 Å². The van der Waals surface area contributed by atoms with Gasteiger partial charge in [0.2, 0.25) is 10.0 Å². The van der Waals surface area contributed by atoms with Gasteiger partial charge in [0.15, 0.2) is 0 Å². The van der Waals surface area contributed by atoms with Crippen LogP contribution in [0.2, 0.25) is 0 Å². The lowest BCUT2D eigenvalue weighted by atomic mass is 9.72. The number of benzene rings is 1. The van der Waals surface area contributed by atoms with Gasteiger partial charge in [-0.1, -0.05) is 0 Å². The Balaban J connectivity index is 1.49. The summed E-state index contributed by atoms with van der Waals surface area (Å²) in [6, 6.07) is 4.74. The lowest BCUT2D eigenvalue weighted by Crippen LogP contribution is -2.70. The molecule has 7 nitrogen and oxygen atoms in total. The van der Waals surface area contributed by atoms with E-state index in [9.17, 15) is 13.2 Å². The fraction of sp³-hybridized carbons (Fsp3) is 0.562. The van der Waals surface area contributed by atoms with Crippen LogP contribution < -0.4 is 14.8 Å². The minimum atomic E-state index is -3.36. The van der Waals surface area contributed by atoms with Crippen LogP contribution >= 0.6 is 0 Å². The lowest BCUT2D eigenvalue weighted by Gasteiger charge is -2.47.